The smallest absolute Gasteiger partial charge is 0.121 e. The Hall–Kier alpha value is -0.280. The molecule has 1 atom stereocenters. The number of rotatable bonds is 6. The van der Waals surface area contributed by atoms with E-state index in [1.54, 1.807) is 0 Å². The van der Waals surface area contributed by atoms with E-state index in [9.17, 15) is 0 Å². The molecule has 16 heavy (non-hydrogen) atoms. The summed E-state index contributed by atoms with van der Waals surface area (Å²) in [6.07, 6.45) is 1.86. The minimum Gasteiger partial charge on any atom is -0.297 e. The van der Waals surface area contributed by atoms with Gasteiger partial charge in [0.15, 0.2) is 0 Å². The molecule has 0 bridgehead atoms. The molecule has 4 heteroatoms. The zero-order chi connectivity index (χ0) is 11.4. The summed E-state index contributed by atoms with van der Waals surface area (Å²) in [6.45, 7) is 1.37. The molecular formula is C12H15Cl2NO. The zero-order valence-corrected chi connectivity index (χ0v) is 10.5. The molecule has 88 valence electrons. The van der Waals surface area contributed by atoms with Gasteiger partial charge in [-0.2, -0.15) is 0 Å². The molecule has 1 aliphatic rings. The lowest BCUT2D eigenvalue weighted by Gasteiger charge is -2.05. The van der Waals surface area contributed by atoms with Crippen LogP contribution in [0.1, 0.15) is 18.4 Å². The van der Waals surface area contributed by atoms with Crippen molar-refractivity contribution in [3.05, 3.63) is 35.9 Å². The molecule has 0 aromatic heterocycles. The average Bonchev–Trinajstić information content (AvgIpc) is 2.87. The molecule has 1 aromatic carbocycles. The fraction of sp³-hybridized carbons (Fsp3) is 0.500. The van der Waals surface area contributed by atoms with Crippen LogP contribution in [0.2, 0.25) is 0 Å². The first kappa shape index (κ1) is 12.2. The first-order valence-corrected chi connectivity index (χ1v) is 6.20. The van der Waals surface area contributed by atoms with Crippen LogP contribution in [0.15, 0.2) is 30.3 Å². The van der Waals surface area contributed by atoms with Gasteiger partial charge in [0.05, 0.1) is 6.61 Å². The normalized spacial score (nSPS) is 22.0. The summed E-state index contributed by atoms with van der Waals surface area (Å²) in [5, 5.41) is 0. The van der Waals surface area contributed by atoms with Crippen LogP contribution in [0.5, 0.6) is 0 Å². The van der Waals surface area contributed by atoms with Gasteiger partial charge in [0, 0.05) is 6.54 Å². The first-order chi connectivity index (χ1) is 7.68. The summed E-state index contributed by atoms with van der Waals surface area (Å²) in [5.41, 5.74) is 4.08. The van der Waals surface area contributed by atoms with Crippen LogP contribution in [0.3, 0.4) is 0 Å². The van der Waals surface area contributed by atoms with E-state index in [4.69, 9.17) is 28.0 Å². The molecule has 0 saturated heterocycles. The second-order valence-electron chi connectivity index (χ2n) is 4.12. The van der Waals surface area contributed by atoms with Crippen molar-refractivity contribution in [2.75, 3.05) is 6.54 Å². The molecule has 1 N–H and O–H groups in total. The number of alkyl halides is 2. The van der Waals surface area contributed by atoms with Gasteiger partial charge in [-0.25, -0.2) is 5.48 Å². The van der Waals surface area contributed by atoms with E-state index in [-0.39, 0.29) is 0 Å². The number of halogens is 2. The van der Waals surface area contributed by atoms with Crippen LogP contribution in [-0.2, 0) is 11.4 Å². The monoisotopic (exact) mass is 259 g/mol. The lowest BCUT2D eigenvalue weighted by atomic mass is 10.2. The van der Waals surface area contributed by atoms with E-state index in [1.807, 2.05) is 30.3 Å². The molecule has 2 rings (SSSR count). The number of benzene rings is 1. The van der Waals surface area contributed by atoms with Crippen molar-refractivity contribution in [3.63, 3.8) is 0 Å². The fourth-order valence-corrected chi connectivity index (χ4v) is 2.19. The van der Waals surface area contributed by atoms with E-state index in [2.05, 4.69) is 5.48 Å². The molecule has 0 spiro atoms. The summed E-state index contributed by atoms with van der Waals surface area (Å²) in [7, 11) is 0. The van der Waals surface area contributed by atoms with E-state index in [0.29, 0.717) is 12.5 Å². The molecule has 1 unspecified atom stereocenters. The van der Waals surface area contributed by atoms with Crippen LogP contribution >= 0.6 is 23.2 Å². The third-order valence-electron chi connectivity index (χ3n) is 2.73. The first-order valence-electron chi connectivity index (χ1n) is 5.45. The highest BCUT2D eigenvalue weighted by molar-refractivity contribution is 6.50. The molecular weight excluding hydrogens is 245 g/mol. The maximum absolute atomic E-state index is 5.91. The largest absolute Gasteiger partial charge is 0.297 e. The molecule has 1 fully saturated rings. The number of hydroxylamine groups is 1. The summed E-state index contributed by atoms with van der Waals surface area (Å²) in [6, 6.07) is 10.1. The Morgan fingerprint density at radius 3 is 2.62 bits per heavy atom. The predicted molar refractivity (Wildman–Crippen MR) is 66.4 cm³/mol. The second-order valence-corrected chi connectivity index (χ2v) is 5.66. The predicted octanol–water partition coefficient (Wildman–Crippen LogP) is 3.29. The Balaban J connectivity index is 1.53. The van der Waals surface area contributed by atoms with Crippen LogP contribution in [-0.4, -0.2) is 10.9 Å². The Morgan fingerprint density at radius 2 is 2.00 bits per heavy atom. The van der Waals surface area contributed by atoms with E-state index in [0.717, 1.165) is 24.9 Å². The van der Waals surface area contributed by atoms with Gasteiger partial charge in [0.25, 0.3) is 0 Å². The number of hydrogen-bond acceptors (Lipinski definition) is 2. The topological polar surface area (TPSA) is 21.3 Å². The average molecular weight is 260 g/mol. The van der Waals surface area contributed by atoms with Gasteiger partial charge in [-0.15, -0.1) is 23.2 Å². The van der Waals surface area contributed by atoms with Crippen molar-refractivity contribution in [1.82, 2.24) is 5.48 Å². The molecule has 0 amide bonds. The minimum atomic E-state index is -0.471. The van der Waals surface area contributed by atoms with Gasteiger partial charge in [0.1, 0.15) is 4.33 Å². The van der Waals surface area contributed by atoms with Crippen LogP contribution < -0.4 is 5.48 Å². The van der Waals surface area contributed by atoms with Crippen molar-refractivity contribution >= 4 is 23.2 Å². The van der Waals surface area contributed by atoms with Gasteiger partial charge in [-0.3, -0.25) is 4.84 Å². The van der Waals surface area contributed by atoms with Gasteiger partial charge in [-0.1, -0.05) is 30.3 Å². The Labute approximate surface area is 106 Å². The van der Waals surface area contributed by atoms with Crippen molar-refractivity contribution in [2.45, 2.75) is 23.8 Å². The highest BCUT2D eigenvalue weighted by Crippen LogP contribution is 2.54. The second kappa shape index (κ2) is 5.37. The standard InChI is InChI=1S/C12H15Cl2NO/c13-12(14)8-11(12)6-7-15-16-9-10-4-2-1-3-5-10/h1-5,11,15H,6-9H2. The molecule has 2 nitrogen and oxygen atoms in total. The number of nitrogens with one attached hydrogen (secondary N) is 1. The van der Waals surface area contributed by atoms with E-state index in [1.165, 1.54) is 0 Å². The highest BCUT2D eigenvalue weighted by atomic mass is 35.5. The van der Waals surface area contributed by atoms with Crippen molar-refractivity contribution in [1.29, 1.82) is 0 Å². The molecule has 0 aliphatic heterocycles. The number of hydrogen-bond donors (Lipinski definition) is 1. The van der Waals surface area contributed by atoms with Gasteiger partial charge < -0.3 is 0 Å². The summed E-state index contributed by atoms with van der Waals surface area (Å²) >= 11 is 11.8. The summed E-state index contributed by atoms with van der Waals surface area (Å²) in [5.74, 6) is 0.420. The zero-order valence-electron chi connectivity index (χ0n) is 8.96. The third-order valence-corrected chi connectivity index (χ3v) is 3.66. The lowest BCUT2D eigenvalue weighted by molar-refractivity contribution is 0.0268. The van der Waals surface area contributed by atoms with Crippen molar-refractivity contribution in [3.8, 4) is 0 Å². The molecule has 1 aromatic rings. The summed E-state index contributed by atoms with van der Waals surface area (Å²) in [4.78, 5) is 5.33. The maximum Gasteiger partial charge on any atom is 0.121 e. The van der Waals surface area contributed by atoms with Crippen LogP contribution in [0, 0.1) is 5.92 Å². The highest BCUT2D eigenvalue weighted by Gasteiger charge is 2.50. The Kier molecular flexibility index (Phi) is 4.09. The van der Waals surface area contributed by atoms with Gasteiger partial charge in [0.2, 0.25) is 0 Å². The van der Waals surface area contributed by atoms with Gasteiger partial charge >= 0.3 is 0 Å². The summed E-state index contributed by atoms with van der Waals surface area (Å²) < 4.78 is -0.471. The SMILES string of the molecule is ClC1(Cl)CC1CCNOCc1ccccc1. The van der Waals surface area contributed by atoms with Gasteiger partial charge in [-0.05, 0) is 24.3 Å². The molecule has 0 heterocycles. The fourth-order valence-electron chi connectivity index (χ4n) is 1.60. The molecule has 0 radical (unpaired) electrons. The minimum absolute atomic E-state index is 0.420. The molecule has 1 saturated carbocycles. The van der Waals surface area contributed by atoms with Crippen LogP contribution in [0.4, 0.5) is 0 Å². The van der Waals surface area contributed by atoms with E-state index < -0.39 is 4.33 Å². The van der Waals surface area contributed by atoms with Crippen LogP contribution in [0.25, 0.3) is 0 Å². The Bertz CT molecular complexity index is 329. The van der Waals surface area contributed by atoms with Crippen molar-refractivity contribution in [2.24, 2.45) is 5.92 Å². The van der Waals surface area contributed by atoms with Crippen molar-refractivity contribution < 1.29 is 4.84 Å². The quantitative estimate of drug-likeness (QED) is 0.481. The Morgan fingerprint density at radius 1 is 1.31 bits per heavy atom. The lowest BCUT2D eigenvalue weighted by Crippen LogP contribution is -2.16. The molecule has 1 aliphatic carbocycles. The van der Waals surface area contributed by atoms with E-state index >= 15 is 0 Å². The maximum atomic E-state index is 5.91. The third kappa shape index (κ3) is 3.63.